The quantitative estimate of drug-likeness (QED) is 0.0647. The maximum Gasteiger partial charge on any atom is 0.420 e. The highest BCUT2D eigenvalue weighted by Crippen LogP contribution is 2.42. The van der Waals surface area contributed by atoms with E-state index in [0.717, 1.165) is 12.1 Å². The summed E-state index contributed by atoms with van der Waals surface area (Å²) in [5.74, 6) is -1.05. The number of epoxide rings is 4. The minimum Gasteiger partial charge on any atom is -0.457 e. The fourth-order valence-electron chi connectivity index (χ4n) is 6.07. The molecule has 4 heterocycles. The minimum atomic E-state index is -4.70. The number of ether oxygens (including phenoxy) is 6. The lowest BCUT2D eigenvalue weighted by atomic mass is 10.0. The normalized spacial score (nSPS) is 21.3. The highest BCUT2D eigenvalue weighted by atomic mass is 19.4. The number of benzene rings is 4. The summed E-state index contributed by atoms with van der Waals surface area (Å²) in [6, 6.07) is 19.0. The Hall–Kier alpha value is -4.83. The summed E-state index contributed by atoms with van der Waals surface area (Å²) >= 11 is 0. The minimum absolute atomic E-state index is 0.0337. The van der Waals surface area contributed by atoms with E-state index in [1.807, 2.05) is 9.80 Å². The summed E-state index contributed by atoms with van der Waals surface area (Å²) in [5, 5.41) is 0. The second-order valence-electron chi connectivity index (χ2n) is 13.6. The molecule has 4 aromatic carbocycles. The van der Waals surface area contributed by atoms with Crippen LogP contribution in [0.15, 0.2) is 84.9 Å². The van der Waals surface area contributed by atoms with Gasteiger partial charge in [-0.15, -0.1) is 0 Å². The first-order valence-electron chi connectivity index (χ1n) is 17.3. The molecule has 0 aliphatic carbocycles. The van der Waals surface area contributed by atoms with Crippen molar-refractivity contribution in [2.45, 2.75) is 36.8 Å². The van der Waals surface area contributed by atoms with E-state index in [1.165, 1.54) is 60.7 Å². The third-order valence-electron chi connectivity index (χ3n) is 9.26. The lowest BCUT2D eigenvalue weighted by Gasteiger charge is -2.25. The van der Waals surface area contributed by atoms with E-state index in [0.29, 0.717) is 64.0 Å². The molecule has 0 amide bonds. The van der Waals surface area contributed by atoms with Gasteiger partial charge in [0, 0.05) is 48.7 Å². The first-order valence-corrected chi connectivity index (χ1v) is 17.3. The number of ketones is 1. The second kappa shape index (κ2) is 14.4. The summed E-state index contributed by atoms with van der Waals surface area (Å²) in [4.78, 5) is 16.9. The average molecular weight is 757 g/mol. The van der Waals surface area contributed by atoms with Crippen molar-refractivity contribution in [1.29, 1.82) is 0 Å². The summed E-state index contributed by atoms with van der Waals surface area (Å²) < 4.78 is 118. The molecule has 4 unspecified atom stereocenters. The third kappa shape index (κ3) is 9.09. The Morgan fingerprint density at radius 1 is 0.537 bits per heavy atom. The Balaban J connectivity index is 0.937. The molecule has 9 nitrogen and oxygen atoms in total. The van der Waals surface area contributed by atoms with Crippen LogP contribution in [0, 0.1) is 0 Å². The van der Waals surface area contributed by atoms with Gasteiger partial charge in [0.15, 0.2) is 5.78 Å². The predicted molar refractivity (Wildman–Crippen MR) is 183 cm³/mol. The van der Waals surface area contributed by atoms with Crippen molar-refractivity contribution < 1.29 is 59.6 Å². The van der Waals surface area contributed by atoms with Gasteiger partial charge in [-0.25, -0.2) is 0 Å². The maximum absolute atomic E-state index is 14.2. The van der Waals surface area contributed by atoms with E-state index in [-0.39, 0.29) is 47.0 Å². The summed E-state index contributed by atoms with van der Waals surface area (Å²) in [6.07, 6.45) is -9.54. The van der Waals surface area contributed by atoms with Gasteiger partial charge in [-0.05, 0) is 84.9 Å². The van der Waals surface area contributed by atoms with Gasteiger partial charge in [0.2, 0.25) is 0 Å². The number of hydrogen-bond acceptors (Lipinski definition) is 9. The van der Waals surface area contributed by atoms with Gasteiger partial charge < -0.3 is 38.2 Å². The molecule has 54 heavy (non-hydrogen) atoms. The molecule has 4 fully saturated rings. The number of nitrogens with zero attached hydrogens (tertiary/aromatic N) is 2. The molecule has 4 aliphatic rings. The Labute approximate surface area is 305 Å². The molecule has 4 saturated heterocycles. The molecule has 0 spiro atoms. The lowest BCUT2D eigenvalue weighted by molar-refractivity contribution is -0.139. The molecular weight excluding hydrogens is 722 g/mol. The van der Waals surface area contributed by atoms with Crippen molar-refractivity contribution in [3.05, 3.63) is 107 Å². The van der Waals surface area contributed by atoms with E-state index in [2.05, 4.69) is 0 Å². The van der Waals surface area contributed by atoms with Crippen LogP contribution in [0.4, 0.5) is 37.7 Å². The van der Waals surface area contributed by atoms with Gasteiger partial charge in [-0.1, -0.05) is 0 Å². The van der Waals surface area contributed by atoms with Crippen LogP contribution >= 0.6 is 0 Å². The molecule has 0 bridgehead atoms. The van der Waals surface area contributed by atoms with Crippen LogP contribution < -0.4 is 19.3 Å². The van der Waals surface area contributed by atoms with Crippen LogP contribution in [-0.4, -0.2) is 82.8 Å². The molecular formula is C39H34F6N2O7. The zero-order valence-corrected chi connectivity index (χ0v) is 28.6. The standard InChI is InChI=1S/C39H34F6N2O7/c40-38(41,42)33-13-25(46(15-29-19-49-29)16-30-20-50-30)5-11-35(33)53-27-7-1-23(2-8-27)37(48)24-3-9-28(10-4-24)54-36-12-6-26(14-34(36)39(43,44)45)47(17-31-21-51-31)18-32-22-52-32/h1-14,29-32H,15-22H2. The number of carbonyl (C=O) groups is 1. The Bertz CT molecular complexity index is 1800. The van der Waals surface area contributed by atoms with Gasteiger partial charge in [-0.3, -0.25) is 4.79 Å². The van der Waals surface area contributed by atoms with Crippen molar-refractivity contribution in [2.24, 2.45) is 0 Å². The van der Waals surface area contributed by atoms with Crippen molar-refractivity contribution in [3.8, 4) is 23.0 Å². The zero-order chi connectivity index (χ0) is 37.6. The van der Waals surface area contributed by atoms with Gasteiger partial charge in [0.05, 0.1) is 50.8 Å². The summed E-state index contributed by atoms with van der Waals surface area (Å²) in [5.41, 5.74) is -0.718. The number of halogens is 6. The second-order valence-corrected chi connectivity index (χ2v) is 13.6. The van der Waals surface area contributed by atoms with E-state index in [9.17, 15) is 31.1 Å². The van der Waals surface area contributed by atoms with Gasteiger partial charge in [-0.2, -0.15) is 26.3 Å². The molecule has 284 valence electrons. The monoisotopic (exact) mass is 756 g/mol. The summed E-state index contributed by atoms with van der Waals surface area (Å²) in [7, 11) is 0. The van der Waals surface area contributed by atoms with Gasteiger partial charge in [0.25, 0.3) is 0 Å². The number of carbonyl (C=O) groups excluding carboxylic acids is 1. The fourth-order valence-corrected chi connectivity index (χ4v) is 6.07. The number of hydrogen-bond donors (Lipinski definition) is 0. The summed E-state index contributed by atoms with van der Waals surface area (Å²) in [6.45, 7) is 4.02. The van der Waals surface area contributed by atoms with Crippen LogP contribution in [0.5, 0.6) is 23.0 Å². The van der Waals surface area contributed by atoms with Crippen molar-refractivity contribution in [1.82, 2.24) is 0 Å². The van der Waals surface area contributed by atoms with E-state index >= 15 is 0 Å². The Morgan fingerprint density at radius 3 is 1.13 bits per heavy atom. The third-order valence-corrected chi connectivity index (χ3v) is 9.26. The molecule has 0 radical (unpaired) electrons. The van der Waals surface area contributed by atoms with Crippen LogP contribution in [-0.2, 0) is 31.3 Å². The Kier molecular flexibility index (Phi) is 9.67. The maximum atomic E-state index is 14.2. The van der Waals surface area contributed by atoms with Crippen LogP contribution in [0.2, 0.25) is 0 Å². The highest BCUT2D eigenvalue weighted by molar-refractivity contribution is 6.09. The van der Waals surface area contributed by atoms with Crippen molar-refractivity contribution >= 4 is 17.2 Å². The van der Waals surface area contributed by atoms with Crippen LogP contribution in [0.25, 0.3) is 0 Å². The van der Waals surface area contributed by atoms with Gasteiger partial charge in [0.1, 0.15) is 34.1 Å². The molecule has 0 N–H and O–H groups in total. The van der Waals surface area contributed by atoms with E-state index in [4.69, 9.17) is 28.4 Å². The van der Waals surface area contributed by atoms with Crippen molar-refractivity contribution in [3.63, 3.8) is 0 Å². The average Bonchev–Trinajstić information content (AvgIpc) is 3.93. The molecule has 4 atom stereocenters. The molecule has 4 aliphatic heterocycles. The first-order chi connectivity index (χ1) is 25.9. The zero-order valence-electron chi connectivity index (χ0n) is 28.6. The smallest absolute Gasteiger partial charge is 0.420 e. The Morgan fingerprint density at radius 2 is 0.852 bits per heavy atom. The molecule has 0 saturated carbocycles. The number of alkyl halides is 6. The van der Waals surface area contributed by atoms with Crippen LogP contribution in [0.3, 0.4) is 0 Å². The first kappa shape index (κ1) is 36.2. The van der Waals surface area contributed by atoms with Crippen LogP contribution in [0.1, 0.15) is 27.0 Å². The largest absolute Gasteiger partial charge is 0.457 e. The predicted octanol–water partition coefficient (Wildman–Crippen LogP) is 7.75. The highest BCUT2D eigenvalue weighted by Gasteiger charge is 2.38. The van der Waals surface area contributed by atoms with Gasteiger partial charge >= 0.3 is 12.4 Å². The number of anilines is 2. The number of rotatable bonds is 16. The molecule has 15 heteroatoms. The molecule has 4 aromatic rings. The lowest BCUT2D eigenvalue weighted by Crippen LogP contribution is -2.31. The van der Waals surface area contributed by atoms with E-state index in [1.54, 1.807) is 12.1 Å². The van der Waals surface area contributed by atoms with Crippen molar-refractivity contribution in [2.75, 3.05) is 62.4 Å². The molecule has 8 rings (SSSR count). The van der Waals surface area contributed by atoms with E-state index < -0.39 is 40.8 Å². The SMILES string of the molecule is O=C(c1ccc(Oc2ccc(N(CC3CO3)CC3CO3)cc2C(F)(F)F)cc1)c1ccc(Oc2ccc(N(CC3CO3)CC3CO3)cc2C(F)(F)F)cc1. The molecule has 0 aromatic heterocycles. The fraction of sp³-hybridized carbons (Fsp3) is 0.359. The topological polar surface area (TPSA) is 92.1 Å².